The monoisotopic (exact) mass is 660 g/mol. The Balaban J connectivity index is 0.961. The number of hydrogen-bond donors (Lipinski definition) is 1. The molecule has 1 atom stereocenters. The van der Waals surface area contributed by atoms with Crippen LogP contribution < -0.4 is 5.32 Å². The van der Waals surface area contributed by atoms with Gasteiger partial charge >= 0.3 is 0 Å². The summed E-state index contributed by atoms with van der Waals surface area (Å²) in [5.74, 6) is 0. The van der Waals surface area contributed by atoms with Gasteiger partial charge in [-0.3, -0.25) is 10.3 Å². The first-order chi connectivity index (χ1) is 24.8. The molecular formula is C47H36N2S. The van der Waals surface area contributed by atoms with Crippen LogP contribution in [-0.2, 0) is 19.4 Å². The van der Waals surface area contributed by atoms with Crippen LogP contribution in [0.25, 0.3) is 54.2 Å². The fourth-order valence-electron chi connectivity index (χ4n) is 7.33. The van der Waals surface area contributed by atoms with Crippen molar-refractivity contribution in [3.8, 4) is 33.4 Å². The first-order valence-electron chi connectivity index (χ1n) is 17.4. The summed E-state index contributed by atoms with van der Waals surface area (Å²) >= 11 is 1.97. The SMILES string of the molecule is C(=N\C(NCc1ccc(-c2ccc3c4c(ccc3c2)CCc2sc3ccccc3c2-4)cc1)c1ccc(-c2ccccc2)cc1)/c1ccccc1. The lowest BCUT2D eigenvalue weighted by atomic mass is 9.84. The van der Waals surface area contributed by atoms with Gasteiger partial charge in [0.05, 0.1) is 0 Å². The molecule has 50 heavy (non-hydrogen) atoms. The molecule has 0 bridgehead atoms. The van der Waals surface area contributed by atoms with E-state index >= 15 is 0 Å². The van der Waals surface area contributed by atoms with Crippen molar-refractivity contribution in [2.24, 2.45) is 4.99 Å². The Morgan fingerprint density at radius 1 is 0.580 bits per heavy atom. The van der Waals surface area contributed by atoms with Crippen LogP contribution in [-0.4, -0.2) is 6.21 Å². The van der Waals surface area contributed by atoms with Gasteiger partial charge < -0.3 is 0 Å². The molecule has 0 aliphatic heterocycles. The number of nitrogens with one attached hydrogen (secondary N) is 1. The normalized spacial score (nSPS) is 13.0. The largest absolute Gasteiger partial charge is 0.288 e. The highest BCUT2D eigenvalue weighted by Crippen LogP contribution is 2.47. The van der Waals surface area contributed by atoms with E-state index in [2.05, 4.69) is 151 Å². The third-order valence-corrected chi connectivity index (χ3v) is 11.2. The molecule has 1 unspecified atom stereocenters. The van der Waals surface area contributed by atoms with Crippen molar-refractivity contribution in [2.45, 2.75) is 25.6 Å². The minimum absolute atomic E-state index is 0.174. The van der Waals surface area contributed by atoms with E-state index in [-0.39, 0.29) is 6.17 Å². The first-order valence-corrected chi connectivity index (χ1v) is 18.2. The molecule has 0 amide bonds. The van der Waals surface area contributed by atoms with Crippen LogP contribution in [0.4, 0.5) is 0 Å². The van der Waals surface area contributed by atoms with Gasteiger partial charge in [-0.25, -0.2) is 0 Å². The number of thiophene rings is 1. The topological polar surface area (TPSA) is 24.4 Å². The zero-order chi connectivity index (χ0) is 33.3. The van der Waals surface area contributed by atoms with Gasteiger partial charge in [0.15, 0.2) is 0 Å². The predicted molar refractivity (Wildman–Crippen MR) is 213 cm³/mol. The molecule has 0 saturated heterocycles. The van der Waals surface area contributed by atoms with E-state index in [1.54, 1.807) is 0 Å². The maximum absolute atomic E-state index is 5.00. The molecule has 7 aromatic carbocycles. The molecule has 9 rings (SSSR count). The number of rotatable bonds is 8. The minimum Gasteiger partial charge on any atom is -0.288 e. The summed E-state index contributed by atoms with van der Waals surface area (Å²) in [6.45, 7) is 0.707. The number of nitrogens with zero attached hydrogens (tertiary/aromatic N) is 1. The quantitative estimate of drug-likeness (QED) is 0.161. The molecule has 1 N–H and O–H groups in total. The second-order valence-electron chi connectivity index (χ2n) is 13.1. The van der Waals surface area contributed by atoms with Crippen LogP contribution >= 0.6 is 11.3 Å². The van der Waals surface area contributed by atoms with Gasteiger partial charge in [-0.05, 0) is 85.8 Å². The molecule has 0 fully saturated rings. The molecular weight excluding hydrogens is 625 g/mol. The molecule has 3 heteroatoms. The number of benzene rings is 7. The number of fused-ring (bicyclic) bond motifs is 7. The second-order valence-corrected chi connectivity index (χ2v) is 14.2. The Labute approximate surface area is 297 Å². The number of aryl methyl sites for hydroxylation is 2. The average molecular weight is 661 g/mol. The summed E-state index contributed by atoms with van der Waals surface area (Å²) in [5, 5.41) is 7.77. The third kappa shape index (κ3) is 5.96. The van der Waals surface area contributed by atoms with Crippen LogP contribution in [0.3, 0.4) is 0 Å². The highest BCUT2D eigenvalue weighted by atomic mass is 32.1. The minimum atomic E-state index is -0.174. The maximum Gasteiger partial charge on any atom is 0.125 e. The van der Waals surface area contributed by atoms with E-state index < -0.39 is 0 Å². The molecule has 8 aromatic rings. The summed E-state index contributed by atoms with van der Waals surface area (Å²) < 4.78 is 1.39. The van der Waals surface area contributed by atoms with Crippen molar-refractivity contribution < 1.29 is 0 Å². The summed E-state index contributed by atoms with van der Waals surface area (Å²) in [7, 11) is 0. The van der Waals surface area contributed by atoms with Gasteiger partial charge in [0.25, 0.3) is 0 Å². The Bertz CT molecular complexity index is 2460. The molecule has 240 valence electrons. The molecule has 1 aliphatic rings. The van der Waals surface area contributed by atoms with E-state index in [1.165, 1.54) is 70.2 Å². The fourth-order valence-corrected chi connectivity index (χ4v) is 8.54. The first kappa shape index (κ1) is 30.4. The van der Waals surface area contributed by atoms with Crippen molar-refractivity contribution in [2.75, 3.05) is 0 Å². The Morgan fingerprint density at radius 3 is 2.08 bits per heavy atom. The van der Waals surface area contributed by atoms with E-state index in [0.717, 1.165) is 24.0 Å². The fraction of sp³-hybridized carbons (Fsp3) is 0.0851. The zero-order valence-electron chi connectivity index (χ0n) is 27.7. The maximum atomic E-state index is 5.00. The van der Waals surface area contributed by atoms with Crippen molar-refractivity contribution in [3.05, 3.63) is 191 Å². The van der Waals surface area contributed by atoms with E-state index in [1.807, 2.05) is 35.8 Å². The van der Waals surface area contributed by atoms with Crippen molar-refractivity contribution in [1.29, 1.82) is 0 Å². The van der Waals surface area contributed by atoms with E-state index in [4.69, 9.17) is 4.99 Å². The van der Waals surface area contributed by atoms with Gasteiger partial charge in [0, 0.05) is 33.3 Å². The molecule has 1 aromatic heterocycles. The Hall–Kier alpha value is -5.61. The predicted octanol–water partition coefficient (Wildman–Crippen LogP) is 12.1. The smallest absolute Gasteiger partial charge is 0.125 e. The van der Waals surface area contributed by atoms with Crippen molar-refractivity contribution in [3.63, 3.8) is 0 Å². The van der Waals surface area contributed by atoms with Gasteiger partial charge in [0.1, 0.15) is 6.17 Å². The molecule has 0 saturated carbocycles. The van der Waals surface area contributed by atoms with E-state index in [0.29, 0.717) is 6.54 Å². The lowest BCUT2D eigenvalue weighted by Crippen LogP contribution is -2.19. The summed E-state index contributed by atoms with van der Waals surface area (Å²) in [6, 6.07) is 59.1. The van der Waals surface area contributed by atoms with E-state index in [9.17, 15) is 0 Å². The molecule has 2 nitrogen and oxygen atoms in total. The van der Waals surface area contributed by atoms with Crippen LogP contribution in [0.15, 0.2) is 169 Å². The number of aliphatic imine (C=N–C) groups is 1. The molecule has 1 heterocycles. The highest BCUT2D eigenvalue weighted by Gasteiger charge is 2.23. The third-order valence-electron chi connectivity index (χ3n) is 9.94. The van der Waals surface area contributed by atoms with Gasteiger partial charge in [-0.15, -0.1) is 11.3 Å². The standard InChI is InChI=1S/C47H36N2S/c1-3-9-32(10-4-1)30-48-47(38-22-19-35(20-23-38)34-11-5-2-6-12-34)49-31-33-15-17-36(18-16-33)39-25-27-41-40(29-39)24-21-37-26-28-44-46(45(37)41)42-13-7-8-14-43(42)50-44/h1-25,27,29-30,47,49H,26,28,31H2/b48-30+. The average Bonchev–Trinajstić information content (AvgIpc) is 3.58. The Morgan fingerprint density at radius 2 is 1.26 bits per heavy atom. The summed E-state index contributed by atoms with van der Waals surface area (Å²) in [5.41, 5.74) is 12.7. The van der Waals surface area contributed by atoms with Crippen LogP contribution in [0.1, 0.15) is 33.3 Å². The summed E-state index contributed by atoms with van der Waals surface area (Å²) in [6.07, 6.45) is 4.03. The number of hydrogen-bond acceptors (Lipinski definition) is 3. The van der Waals surface area contributed by atoms with Crippen LogP contribution in [0.5, 0.6) is 0 Å². The van der Waals surface area contributed by atoms with Gasteiger partial charge in [-0.2, -0.15) is 0 Å². The lowest BCUT2D eigenvalue weighted by Gasteiger charge is -2.20. The van der Waals surface area contributed by atoms with Crippen molar-refractivity contribution in [1.82, 2.24) is 5.32 Å². The molecule has 1 aliphatic carbocycles. The zero-order valence-corrected chi connectivity index (χ0v) is 28.5. The Kier molecular flexibility index (Phi) is 8.14. The highest BCUT2D eigenvalue weighted by molar-refractivity contribution is 7.19. The van der Waals surface area contributed by atoms with Gasteiger partial charge in [0.2, 0.25) is 0 Å². The lowest BCUT2D eigenvalue weighted by molar-refractivity contribution is 0.556. The van der Waals surface area contributed by atoms with Crippen LogP contribution in [0.2, 0.25) is 0 Å². The molecule has 0 spiro atoms. The van der Waals surface area contributed by atoms with Crippen LogP contribution in [0, 0.1) is 0 Å². The summed E-state index contributed by atoms with van der Waals surface area (Å²) in [4.78, 5) is 6.52. The van der Waals surface area contributed by atoms with Gasteiger partial charge in [-0.1, -0.05) is 152 Å². The second kappa shape index (κ2) is 13.4. The molecule has 0 radical (unpaired) electrons. The van der Waals surface area contributed by atoms with Crippen molar-refractivity contribution >= 4 is 38.4 Å².